The Kier molecular flexibility index (Phi) is 3.70. The lowest BCUT2D eigenvalue weighted by atomic mass is 9.74. The number of aryl methyl sites for hydroxylation is 1. The van der Waals surface area contributed by atoms with E-state index in [9.17, 15) is 4.79 Å². The first-order chi connectivity index (χ1) is 8.91. The summed E-state index contributed by atoms with van der Waals surface area (Å²) in [7, 11) is 1.97. The molecule has 1 aromatic heterocycles. The maximum absolute atomic E-state index is 12.3. The highest BCUT2D eigenvalue weighted by Gasteiger charge is 2.44. The quantitative estimate of drug-likeness (QED) is 0.788. The molecule has 4 heteroatoms. The van der Waals surface area contributed by atoms with Gasteiger partial charge in [0.1, 0.15) is 5.41 Å². The first-order valence-electron chi connectivity index (χ1n) is 7.15. The molecule has 1 atom stereocenters. The number of fused-ring (bicyclic) bond motifs is 1. The monoisotopic (exact) mass is 264 g/mol. The third-order valence-corrected chi connectivity index (χ3v) is 4.09. The Bertz CT molecular complexity index is 491. The molecule has 0 saturated carbocycles. The van der Waals surface area contributed by atoms with Crippen LogP contribution in [0.15, 0.2) is 0 Å². The second-order valence-corrected chi connectivity index (χ2v) is 5.90. The molecule has 2 rings (SSSR count). The van der Waals surface area contributed by atoms with Crippen LogP contribution < -0.4 is 0 Å². The fourth-order valence-electron chi connectivity index (χ4n) is 3.22. The largest absolute Gasteiger partial charge is 0.465 e. The molecule has 0 amide bonds. The zero-order chi connectivity index (χ0) is 14.2. The number of esters is 1. The summed E-state index contributed by atoms with van der Waals surface area (Å²) in [5, 5.41) is 4.64. The molecule has 0 aliphatic heterocycles. The van der Waals surface area contributed by atoms with Gasteiger partial charge in [-0.1, -0.05) is 13.8 Å². The van der Waals surface area contributed by atoms with Crippen LogP contribution >= 0.6 is 0 Å². The van der Waals surface area contributed by atoms with Gasteiger partial charge in [0.15, 0.2) is 0 Å². The summed E-state index contributed by atoms with van der Waals surface area (Å²) in [6.07, 6.45) is 2.87. The molecule has 106 valence electrons. The van der Waals surface area contributed by atoms with Gasteiger partial charge in [-0.25, -0.2) is 0 Å². The van der Waals surface area contributed by atoms with Gasteiger partial charge in [-0.15, -0.1) is 0 Å². The van der Waals surface area contributed by atoms with E-state index in [2.05, 4.69) is 18.9 Å². The number of rotatable bonds is 3. The highest BCUT2D eigenvalue weighted by molar-refractivity contribution is 5.83. The molecule has 1 aliphatic rings. The molecular weight excluding hydrogens is 240 g/mol. The van der Waals surface area contributed by atoms with Crippen molar-refractivity contribution < 1.29 is 9.53 Å². The van der Waals surface area contributed by atoms with Crippen LogP contribution in [0.25, 0.3) is 0 Å². The number of carbonyl (C=O) groups is 1. The molecule has 0 fully saturated rings. The Morgan fingerprint density at radius 3 is 2.79 bits per heavy atom. The van der Waals surface area contributed by atoms with Crippen LogP contribution in [0.2, 0.25) is 0 Å². The minimum atomic E-state index is -0.575. The van der Waals surface area contributed by atoms with Crippen molar-refractivity contribution in [3.63, 3.8) is 0 Å². The van der Waals surface area contributed by atoms with Crippen molar-refractivity contribution in [2.24, 2.45) is 7.05 Å². The van der Waals surface area contributed by atoms with Gasteiger partial charge in [0.05, 0.1) is 12.3 Å². The SMILES string of the molecule is CCOC(=O)C1(C)CCCc2c1nn(C)c2C(C)C. The standard InChI is InChI=1S/C15H24N2O2/c1-6-19-14(18)15(4)9-7-8-11-12(10(2)3)17(5)16-13(11)15/h10H,6-9H2,1-5H3. The molecule has 1 heterocycles. The molecule has 1 aromatic rings. The van der Waals surface area contributed by atoms with E-state index in [0.717, 1.165) is 25.0 Å². The van der Waals surface area contributed by atoms with E-state index >= 15 is 0 Å². The predicted octanol–water partition coefficient (Wildman–Crippen LogP) is 2.70. The molecule has 0 saturated heterocycles. The molecule has 1 unspecified atom stereocenters. The van der Waals surface area contributed by atoms with Gasteiger partial charge in [-0.2, -0.15) is 5.10 Å². The van der Waals surface area contributed by atoms with E-state index in [1.54, 1.807) is 0 Å². The van der Waals surface area contributed by atoms with Gasteiger partial charge in [-0.05, 0) is 44.6 Å². The molecule has 0 bridgehead atoms. The summed E-state index contributed by atoms with van der Waals surface area (Å²) in [4.78, 5) is 12.3. The number of hydrogen-bond donors (Lipinski definition) is 0. The number of aromatic nitrogens is 2. The molecular formula is C15H24N2O2. The van der Waals surface area contributed by atoms with Crippen molar-refractivity contribution >= 4 is 5.97 Å². The van der Waals surface area contributed by atoms with Gasteiger partial charge in [0.2, 0.25) is 0 Å². The zero-order valence-corrected chi connectivity index (χ0v) is 12.6. The van der Waals surface area contributed by atoms with Crippen LogP contribution in [0.3, 0.4) is 0 Å². The second kappa shape index (κ2) is 4.99. The average Bonchev–Trinajstić information content (AvgIpc) is 2.67. The van der Waals surface area contributed by atoms with Crippen LogP contribution in [0, 0.1) is 0 Å². The minimum Gasteiger partial charge on any atom is -0.465 e. The summed E-state index contributed by atoms with van der Waals surface area (Å²) in [5.41, 5.74) is 2.88. The van der Waals surface area contributed by atoms with Crippen LogP contribution in [0.1, 0.15) is 63.4 Å². The topological polar surface area (TPSA) is 44.1 Å². The molecule has 0 aromatic carbocycles. The zero-order valence-electron chi connectivity index (χ0n) is 12.6. The van der Waals surface area contributed by atoms with Gasteiger partial charge in [-0.3, -0.25) is 9.48 Å². The van der Waals surface area contributed by atoms with Crippen LogP contribution in [-0.2, 0) is 28.4 Å². The third kappa shape index (κ3) is 2.17. The Hall–Kier alpha value is -1.32. The lowest BCUT2D eigenvalue weighted by Crippen LogP contribution is -2.38. The smallest absolute Gasteiger partial charge is 0.317 e. The third-order valence-electron chi connectivity index (χ3n) is 4.09. The van der Waals surface area contributed by atoms with E-state index < -0.39 is 5.41 Å². The number of carbonyl (C=O) groups excluding carboxylic acids is 1. The Morgan fingerprint density at radius 2 is 2.21 bits per heavy atom. The fourth-order valence-corrected chi connectivity index (χ4v) is 3.22. The first-order valence-corrected chi connectivity index (χ1v) is 7.15. The van der Waals surface area contributed by atoms with Crippen molar-refractivity contribution in [2.75, 3.05) is 6.61 Å². The lowest BCUT2D eigenvalue weighted by Gasteiger charge is -2.30. The highest BCUT2D eigenvalue weighted by atomic mass is 16.5. The second-order valence-electron chi connectivity index (χ2n) is 5.90. The Labute approximate surface area is 115 Å². The normalized spacial score (nSPS) is 22.4. The van der Waals surface area contributed by atoms with Gasteiger partial charge in [0.25, 0.3) is 0 Å². The first kappa shape index (κ1) is 14.1. The summed E-state index contributed by atoms with van der Waals surface area (Å²) in [5.74, 6) is 0.287. The van der Waals surface area contributed by atoms with Crippen LogP contribution in [-0.4, -0.2) is 22.4 Å². The Balaban J connectivity index is 2.51. The Morgan fingerprint density at radius 1 is 1.53 bits per heavy atom. The molecule has 1 aliphatic carbocycles. The number of ether oxygens (including phenoxy) is 1. The summed E-state index contributed by atoms with van der Waals surface area (Å²) >= 11 is 0. The van der Waals surface area contributed by atoms with Crippen LogP contribution in [0.4, 0.5) is 0 Å². The van der Waals surface area contributed by atoms with E-state index in [1.165, 1.54) is 11.3 Å². The van der Waals surface area contributed by atoms with Gasteiger partial charge < -0.3 is 4.74 Å². The van der Waals surface area contributed by atoms with E-state index in [1.807, 2.05) is 25.6 Å². The maximum atomic E-state index is 12.3. The van der Waals surface area contributed by atoms with Gasteiger partial charge in [0, 0.05) is 12.7 Å². The van der Waals surface area contributed by atoms with Crippen molar-refractivity contribution in [2.45, 2.75) is 58.3 Å². The summed E-state index contributed by atoms with van der Waals surface area (Å²) in [6.45, 7) is 8.60. The molecule has 0 N–H and O–H groups in total. The molecule has 4 nitrogen and oxygen atoms in total. The molecule has 0 radical (unpaired) electrons. The average molecular weight is 264 g/mol. The highest BCUT2D eigenvalue weighted by Crippen LogP contribution is 2.40. The fraction of sp³-hybridized carbons (Fsp3) is 0.733. The number of nitrogens with zero attached hydrogens (tertiary/aromatic N) is 2. The summed E-state index contributed by atoms with van der Waals surface area (Å²) < 4.78 is 7.21. The molecule has 0 spiro atoms. The van der Waals surface area contributed by atoms with Crippen molar-refractivity contribution in [1.82, 2.24) is 9.78 Å². The van der Waals surface area contributed by atoms with Crippen LogP contribution in [0.5, 0.6) is 0 Å². The van der Waals surface area contributed by atoms with Crippen molar-refractivity contribution in [1.29, 1.82) is 0 Å². The number of hydrogen-bond acceptors (Lipinski definition) is 3. The maximum Gasteiger partial charge on any atom is 0.317 e. The lowest BCUT2D eigenvalue weighted by molar-refractivity contribution is -0.150. The van der Waals surface area contributed by atoms with E-state index in [4.69, 9.17) is 4.74 Å². The van der Waals surface area contributed by atoms with E-state index in [-0.39, 0.29) is 5.97 Å². The predicted molar refractivity (Wildman–Crippen MR) is 74.2 cm³/mol. The van der Waals surface area contributed by atoms with Crippen molar-refractivity contribution in [3.8, 4) is 0 Å². The van der Waals surface area contributed by atoms with E-state index in [0.29, 0.717) is 12.5 Å². The van der Waals surface area contributed by atoms with Gasteiger partial charge >= 0.3 is 5.97 Å². The summed E-state index contributed by atoms with van der Waals surface area (Å²) in [6, 6.07) is 0. The van der Waals surface area contributed by atoms with Crippen molar-refractivity contribution in [3.05, 3.63) is 17.0 Å². The minimum absolute atomic E-state index is 0.135. The molecule has 19 heavy (non-hydrogen) atoms.